The Kier molecular flexibility index (Phi) is 28.9. The second-order valence-corrected chi connectivity index (χ2v) is 38.7. The predicted molar refractivity (Wildman–Crippen MR) is 488 cm³/mol. The Balaban J connectivity index is 0.000000168. The molecule has 6 atom stereocenters. The summed E-state index contributed by atoms with van der Waals surface area (Å²) < 4.78 is 138. The third-order valence-electron chi connectivity index (χ3n) is 24.0. The molecule has 0 bridgehead atoms. The minimum absolute atomic E-state index is 0.0236. The zero-order chi connectivity index (χ0) is 95.3. The number of amides is 9. The van der Waals surface area contributed by atoms with E-state index in [0.717, 1.165) is 46.6 Å². The second kappa shape index (κ2) is 39.8. The van der Waals surface area contributed by atoms with Crippen LogP contribution in [0.15, 0.2) is 160 Å². The summed E-state index contributed by atoms with van der Waals surface area (Å²) in [7, 11) is -2.78. The van der Waals surface area contributed by atoms with Crippen molar-refractivity contribution >= 4 is 117 Å². The van der Waals surface area contributed by atoms with Crippen LogP contribution < -0.4 is 62.1 Å². The average molecular weight is 1870 g/mol. The van der Waals surface area contributed by atoms with Crippen LogP contribution in [0.5, 0.6) is 17.2 Å². The van der Waals surface area contributed by atoms with Crippen LogP contribution in [0.3, 0.4) is 0 Å². The van der Waals surface area contributed by atoms with Crippen LogP contribution in [-0.2, 0) is 77.7 Å². The van der Waals surface area contributed by atoms with Crippen molar-refractivity contribution in [2.75, 3.05) is 113 Å². The summed E-state index contributed by atoms with van der Waals surface area (Å²) in [6, 6.07) is 34.0. The third-order valence-corrected chi connectivity index (χ3v) is 27.5. The van der Waals surface area contributed by atoms with Gasteiger partial charge in [-0.05, 0) is 254 Å². The van der Waals surface area contributed by atoms with Gasteiger partial charge in [0, 0.05) is 103 Å². The molecule has 696 valence electrons. The van der Waals surface area contributed by atoms with Gasteiger partial charge in [0.25, 0.3) is 17.7 Å². The van der Waals surface area contributed by atoms with E-state index >= 15 is 4.39 Å². The predicted octanol–water partition coefficient (Wildman–Crippen LogP) is 13.6. The first-order valence-electron chi connectivity index (χ1n) is 42.1. The molecule has 15 rings (SSSR count). The van der Waals surface area contributed by atoms with Gasteiger partial charge in [0.1, 0.15) is 41.2 Å². The highest BCUT2D eigenvalue weighted by Gasteiger charge is 2.43. The van der Waals surface area contributed by atoms with E-state index in [9.17, 15) is 72.8 Å². The van der Waals surface area contributed by atoms with Gasteiger partial charge in [0.15, 0.2) is 35.3 Å². The molecule has 0 radical (unpaired) electrons. The standard InChI is InChI=1S/C32H36N4O7S.2C31H33FN4O7S/c1-18-14-22(16-23-25(18)17-33-30(23)37)34-29(20-8-10-27(42-3)19(2)13-20)31(38)36-12-6-7-26(36)24-15-21(35-32(39)43-4)9-11-28(24)44(5,40)41;1-17-14-18(8-11-24(17)42-2)28(35-22-10-7-19-16-33-29(37)26(19)27(22)32)30(38)36-13-5-6-23(36)21-15-20(34-31(39)43-3)9-12-25(21)44(4,40)41;1-17-12-18(7-9-26(17)42-2)28(34-20-14-21-23(24(32)15-20)16-33-29(21)37)30(38)36-11-5-6-25(36)22-13-19(35-31(39)43-3)8-10-27(22)44(4,40)41/h8-11,13-16,26,29,34H,6-7,12,17H2,1-5H3,(H,33,37)(H,35,39);7-12,14-15,23,28,35H,5-6,13,16H2,1-4H3,(H,33,37)(H,34,39);7-10,12-15,25,28,34H,5-6,11,16H2,1-4H3,(H,33,37)(H,35,39)/t26-,29?;23-,28?;25-,28?/m111/s1. The SMILES string of the molecule is COC(=O)Nc1ccc(S(C)(=O)=O)c([C@H]2CCCN2C(=O)C(Nc2cc(C)c3c(c2)C(=O)NC3)c2ccc(OC)c(C)c2)c1.COC(=O)Nc1ccc(S(C)(=O)=O)c([C@H]2CCCN2C(=O)C(Nc2cc(F)c3c(c2)C(=O)NC3)c2ccc(OC)c(C)c2)c1.COC(=O)Nc1ccc(S(C)(=O)=O)c([C@H]2CCCN2C(=O)C(Nc2ccc3c(c2F)C(=O)NC3)c2ccc(OC)c(C)c2)c1. The fourth-order valence-corrected chi connectivity index (χ4v) is 20.5. The van der Waals surface area contributed by atoms with Crippen LogP contribution in [0.2, 0.25) is 0 Å². The van der Waals surface area contributed by atoms with Crippen molar-refractivity contribution in [3.8, 4) is 17.2 Å². The van der Waals surface area contributed by atoms with E-state index in [0.29, 0.717) is 149 Å². The van der Waals surface area contributed by atoms with Crippen LogP contribution in [0, 0.1) is 39.3 Å². The molecule has 132 heavy (non-hydrogen) atoms. The average Bonchev–Trinajstić information content (AvgIpc) is 1.55. The molecule has 0 aromatic heterocycles. The number of ether oxygens (including phenoxy) is 6. The van der Waals surface area contributed by atoms with E-state index < -0.39 is 113 Å². The number of benzene rings is 9. The molecule has 6 aliphatic heterocycles. The minimum Gasteiger partial charge on any atom is -0.496 e. The van der Waals surface area contributed by atoms with Gasteiger partial charge in [0.05, 0.1) is 86.7 Å². The number of anilines is 6. The van der Waals surface area contributed by atoms with Crippen molar-refractivity contribution in [3.05, 3.63) is 246 Å². The number of nitrogens with one attached hydrogen (secondary N) is 9. The molecule has 9 aromatic carbocycles. The Hall–Kier alpha value is -13.9. The Bertz CT molecular complexity index is 6240. The minimum atomic E-state index is -3.72. The third kappa shape index (κ3) is 20.8. The molecule has 9 amide bonds. The smallest absolute Gasteiger partial charge is 0.411 e. The number of hydrogen-bond acceptors (Lipinski definition) is 24. The van der Waals surface area contributed by atoms with E-state index in [-0.39, 0.29) is 73.6 Å². The highest BCUT2D eigenvalue weighted by Crippen LogP contribution is 2.45. The Morgan fingerprint density at radius 2 is 0.742 bits per heavy atom. The first kappa shape index (κ1) is 95.7. The molecular formula is C94H102F2N12O21S3. The molecular weight excluding hydrogens is 1770 g/mol. The molecule has 9 N–H and O–H groups in total. The zero-order valence-corrected chi connectivity index (χ0v) is 77.2. The number of likely N-dealkylation sites (tertiary alicyclic amines) is 3. The molecule has 3 unspecified atom stereocenters. The van der Waals surface area contributed by atoms with Crippen LogP contribution >= 0.6 is 0 Å². The lowest BCUT2D eigenvalue weighted by molar-refractivity contribution is -0.134. The number of hydrogen-bond donors (Lipinski definition) is 9. The van der Waals surface area contributed by atoms with Crippen molar-refractivity contribution in [1.82, 2.24) is 30.7 Å². The van der Waals surface area contributed by atoms with Crippen molar-refractivity contribution in [1.29, 1.82) is 0 Å². The molecule has 9 aromatic rings. The molecule has 6 heterocycles. The number of sulfone groups is 3. The van der Waals surface area contributed by atoms with Gasteiger partial charge in [-0.3, -0.25) is 44.7 Å². The molecule has 3 saturated heterocycles. The lowest BCUT2D eigenvalue weighted by Crippen LogP contribution is -2.38. The highest BCUT2D eigenvalue weighted by molar-refractivity contribution is 7.91. The number of rotatable bonds is 24. The lowest BCUT2D eigenvalue weighted by atomic mass is 9.98. The van der Waals surface area contributed by atoms with Crippen LogP contribution in [-0.4, -0.2) is 175 Å². The molecule has 33 nitrogen and oxygen atoms in total. The Morgan fingerprint density at radius 1 is 0.394 bits per heavy atom. The maximum Gasteiger partial charge on any atom is 0.411 e. The fraction of sp³-hybridized carbons (Fsp3) is 0.330. The van der Waals surface area contributed by atoms with Gasteiger partial charge >= 0.3 is 18.3 Å². The fourth-order valence-electron chi connectivity index (χ4n) is 17.7. The summed E-state index contributed by atoms with van der Waals surface area (Å²) in [4.78, 5) is 121. The van der Waals surface area contributed by atoms with E-state index in [1.54, 1.807) is 89.6 Å². The number of carbonyl (C=O) groups excluding carboxylic acids is 9. The van der Waals surface area contributed by atoms with Gasteiger partial charge in [0.2, 0.25) is 17.7 Å². The molecule has 3 fully saturated rings. The van der Waals surface area contributed by atoms with Crippen molar-refractivity contribution in [2.24, 2.45) is 0 Å². The van der Waals surface area contributed by atoms with Crippen molar-refractivity contribution in [3.63, 3.8) is 0 Å². The van der Waals surface area contributed by atoms with Gasteiger partial charge < -0.3 is 75.0 Å². The van der Waals surface area contributed by atoms with E-state index in [4.69, 9.17) is 18.9 Å². The summed E-state index contributed by atoms with van der Waals surface area (Å²) >= 11 is 0. The molecule has 0 spiro atoms. The maximum absolute atomic E-state index is 15.7. The van der Waals surface area contributed by atoms with Gasteiger partial charge in [-0.15, -0.1) is 0 Å². The van der Waals surface area contributed by atoms with E-state index in [1.807, 2.05) is 45.9 Å². The summed E-state index contributed by atoms with van der Waals surface area (Å²) in [5.74, 6) is -1.60. The number of methoxy groups -OCH3 is 6. The van der Waals surface area contributed by atoms with Crippen molar-refractivity contribution < 1.29 is 106 Å². The normalized spacial score (nSPS) is 16.6. The number of carbonyl (C=O) groups is 9. The van der Waals surface area contributed by atoms with Crippen LogP contribution in [0.25, 0.3) is 0 Å². The largest absolute Gasteiger partial charge is 0.496 e. The van der Waals surface area contributed by atoms with Gasteiger partial charge in [-0.2, -0.15) is 0 Å². The summed E-state index contributed by atoms with van der Waals surface area (Å²) in [5, 5.41) is 25.3. The summed E-state index contributed by atoms with van der Waals surface area (Å²) in [6.07, 6.45) is 4.42. The first-order chi connectivity index (χ1) is 62.7. The molecule has 38 heteroatoms. The molecule has 0 aliphatic carbocycles. The molecule has 0 saturated carbocycles. The van der Waals surface area contributed by atoms with Crippen LogP contribution in [0.4, 0.5) is 57.3 Å². The maximum atomic E-state index is 15.7. The lowest BCUT2D eigenvalue weighted by Gasteiger charge is -2.31. The van der Waals surface area contributed by atoms with Crippen LogP contribution in [0.1, 0.15) is 178 Å². The topological polar surface area (TPSA) is 429 Å². The van der Waals surface area contributed by atoms with Crippen molar-refractivity contribution in [2.45, 2.75) is 137 Å². The summed E-state index contributed by atoms with van der Waals surface area (Å²) in [5.41, 5.74) is 10.4. The number of halogens is 2. The van der Waals surface area contributed by atoms with Gasteiger partial charge in [-0.1, -0.05) is 24.3 Å². The van der Waals surface area contributed by atoms with Gasteiger partial charge in [-0.25, -0.2) is 48.4 Å². The number of nitrogens with zero attached hydrogens (tertiary/aromatic N) is 3. The monoisotopic (exact) mass is 1870 g/mol. The zero-order valence-electron chi connectivity index (χ0n) is 74.7. The Morgan fingerprint density at radius 3 is 1.10 bits per heavy atom. The molecule has 6 aliphatic rings. The van der Waals surface area contributed by atoms with E-state index in [1.165, 1.54) is 95.2 Å². The quantitative estimate of drug-likeness (QED) is 0.0254. The summed E-state index contributed by atoms with van der Waals surface area (Å²) in [6.45, 7) is 9.28. The Labute approximate surface area is 762 Å². The second-order valence-electron chi connectivity index (χ2n) is 32.7. The number of fused-ring (bicyclic) bond motifs is 3. The first-order valence-corrected chi connectivity index (χ1v) is 47.8. The van der Waals surface area contributed by atoms with E-state index in [2.05, 4.69) is 57.3 Å². The number of aryl methyl sites for hydroxylation is 4. The highest BCUT2D eigenvalue weighted by atomic mass is 32.2.